The molecule has 1 saturated heterocycles. The number of hydrogen-bond acceptors (Lipinski definition) is 5. The summed E-state index contributed by atoms with van der Waals surface area (Å²) in [6.07, 6.45) is 5.09. The fraction of sp³-hybridized carbons (Fsp3) is 0.364. The molecule has 2 amide bonds. The van der Waals surface area contributed by atoms with Crippen molar-refractivity contribution < 1.29 is 9.59 Å². The van der Waals surface area contributed by atoms with Crippen molar-refractivity contribution in [1.82, 2.24) is 19.7 Å². The number of aromatic nitrogens is 3. The highest BCUT2D eigenvalue weighted by atomic mass is 16.2. The molecule has 3 N–H and O–H groups in total. The number of nitrogen functional groups attached to an aromatic ring is 1. The van der Waals surface area contributed by atoms with Crippen LogP contribution in [0.4, 0.5) is 11.5 Å². The second kappa shape index (κ2) is 7.78. The number of hydrogen-bond donors (Lipinski definition) is 2. The lowest BCUT2D eigenvalue weighted by Gasteiger charge is -2.38. The smallest absolute Gasteiger partial charge is 0.313 e. The van der Waals surface area contributed by atoms with Crippen LogP contribution in [-0.2, 0) is 16.6 Å². The van der Waals surface area contributed by atoms with Crippen LogP contribution in [-0.4, -0.2) is 38.0 Å². The van der Waals surface area contributed by atoms with Crippen LogP contribution in [0.5, 0.6) is 0 Å². The number of nitrogens with one attached hydrogen (secondary N) is 1. The molecule has 1 aromatic carbocycles. The zero-order valence-corrected chi connectivity index (χ0v) is 17.4. The number of nitrogens with two attached hydrogens (primary N) is 1. The third kappa shape index (κ3) is 3.72. The van der Waals surface area contributed by atoms with E-state index in [2.05, 4.69) is 28.4 Å². The molecule has 2 aromatic heterocycles. The van der Waals surface area contributed by atoms with Gasteiger partial charge in [0.15, 0.2) is 0 Å². The standard InChI is InChI=1S/C22H26N6O2/c1-13-4-6-19(15-5-7-18-16(9-15)10-25-27(18)3)28(12-13)22(30)21(29)26-17-8-14(2)20(23)24-11-17/h5,7-11,13,19H,4,6,12H2,1-3H3,(H2,23,24)(H,26,29)/t13-,19+/m0/s1. The monoisotopic (exact) mass is 406 g/mol. The maximum absolute atomic E-state index is 13.1. The summed E-state index contributed by atoms with van der Waals surface area (Å²) < 4.78 is 1.82. The molecule has 4 rings (SSSR count). The Kier molecular flexibility index (Phi) is 5.15. The summed E-state index contributed by atoms with van der Waals surface area (Å²) in [7, 11) is 1.90. The maximum Gasteiger partial charge on any atom is 0.313 e. The van der Waals surface area contributed by atoms with Crippen molar-refractivity contribution in [2.75, 3.05) is 17.6 Å². The summed E-state index contributed by atoms with van der Waals surface area (Å²) in [5.41, 5.74) is 8.99. The van der Waals surface area contributed by atoms with Crippen LogP contribution < -0.4 is 11.1 Å². The number of carbonyl (C=O) groups is 2. The number of piperidine rings is 1. The summed E-state index contributed by atoms with van der Waals surface area (Å²) in [6, 6.07) is 7.67. The molecule has 0 spiro atoms. The van der Waals surface area contributed by atoms with Crippen LogP contribution in [0, 0.1) is 12.8 Å². The van der Waals surface area contributed by atoms with Gasteiger partial charge in [0.2, 0.25) is 0 Å². The van der Waals surface area contributed by atoms with Gasteiger partial charge in [-0.15, -0.1) is 0 Å². The number of pyridine rings is 1. The Balaban J connectivity index is 1.58. The van der Waals surface area contributed by atoms with Gasteiger partial charge in [-0.3, -0.25) is 14.3 Å². The zero-order chi connectivity index (χ0) is 21.4. The number of anilines is 2. The van der Waals surface area contributed by atoms with Crippen molar-refractivity contribution in [2.45, 2.75) is 32.7 Å². The molecule has 0 radical (unpaired) electrons. The molecule has 2 atom stereocenters. The quantitative estimate of drug-likeness (QED) is 0.637. The van der Waals surface area contributed by atoms with Gasteiger partial charge in [0.25, 0.3) is 0 Å². The van der Waals surface area contributed by atoms with Gasteiger partial charge in [-0.2, -0.15) is 5.10 Å². The summed E-state index contributed by atoms with van der Waals surface area (Å²) in [5.74, 6) is -0.467. The van der Waals surface area contributed by atoms with Crippen molar-refractivity contribution >= 4 is 34.2 Å². The largest absolute Gasteiger partial charge is 0.383 e. The lowest BCUT2D eigenvalue weighted by Crippen LogP contribution is -2.46. The normalized spacial score (nSPS) is 19.1. The lowest BCUT2D eigenvalue weighted by molar-refractivity contribution is -0.146. The second-order valence-electron chi connectivity index (χ2n) is 8.12. The number of likely N-dealkylation sites (tertiary alicyclic amines) is 1. The fourth-order valence-corrected chi connectivity index (χ4v) is 4.08. The Morgan fingerprint density at radius 3 is 2.77 bits per heavy atom. The first-order valence-electron chi connectivity index (χ1n) is 10.1. The van der Waals surface area contributed by atoms with E-state index in [9.17, 15) is 9.59 Å². The van der Waals surface area contributed by atoms with Gasteiger partial charge in [0, 0.05) is 19.0 Å². The molecule has 0 bridgehead atoms. The van der Waals surface area contributed by atoms with Gasteiger partial charge in [-0.25, -0.2) is 4.98 Å². The second-order valence-corrected chi connectivity index (χ2v) is 8.12. The molecule has 8 nitrogen and oxygen atoms in total. The molecular weight excluding hydrogens is 380 g/mol. The highest BCUT2D eigenvalue weighted by molar-refractivity contribution is 6.39. The maximum atomic E-state index is 13.1. The summed E-state index contributed by atoms with van der Waals surface area (Å²) in [6.45, 7) is 4.45. The SMILES string of the molecule is Cc1cc(NC(=O)C(=O)N2C[C@@H](C)CC[C@@H]2c2ccc3c(cnn3C)c2)cnc1N. The number of fused-ring (bicyclic) bond motifs is 1. The molecule has 0 unspecified atom stereocenters. The van der Waals surface area contributed by atoms with E-state index in [1.54, 1.807) is 17.9 Å². The molecule has 1 aliphatic heterocycles. The Morgan fingerprint density at radius 2 is 2.00 bits per heavy atom. The Labute approximate surface area is 175 Å². The van der Waals surface area contributed by atoms with Gasteiger partial charge in [-0.1, -0.05) is 13.0 Å². The first-order chi connectivity index (χ1) is 14.3. The predicted molar refractivity (Wildman–Crippen MR) is 116 cm³/mol. The topological polar surface area (TPSA) is 106 Å². The van der Waals surface area contributed by atoms with Crippen molar-refractivity contribution in [2.24, 2.45) is 13.0 Å². The minimum Gasteiger partial charge on any atom is -0.383 e. The van der Waals surface area contributed by atoms with Crippen molar-refractivity contribution in [1.29, 1.82) is 0 Å². The number of benzene rings is 1. The number of aryl methyl sites for hydroxylation is 2. The Morgan fingerprint density at radius 1 is 1.20 bits per heavy atom. The van der Waals surface area contributed by atoms with Crippen LogP contribution in [0.25, 0.3) is 10.9 Å². The van der Waals surface area contributed by atoms with E-state index < -0.39 is 11.8 Å². The summed E-state index contributed by atoms with van der Waals surface area (Å²) >= 11 is 0. The lowest BCUT2D eigenvalue weighted by atomic mass is 9.89. The third-order valence-electron chi connectivity index (χ3n) is 5.80. The van der Waals surface area contributed by atoms with Gasteiger partial charge < -0.3 is 16.0 Å². The van der Waals surface area contributed by atoms with Crippen LogP contribution in [0.1, 0.15) is 36.9 Å². The highest BCUT2D eigenvalue weighted by Crippen LogP contribution is 2.34. The van der Waals surface area contributed by atoms with Crippen LogP contribution >= 0.6 is 0 Å². The van der Waals surface area contributed by atoms with Crippen molar-refractivity contribution in [3.8, 4) is 0 Å². The zero-order valence-electron chi connectivity index (χ0n) is 17.4. The van der Waals surface area contributed by atoms with E-state index in [0.29, 0.717) is 24.0 Å². The third-order valence-corrected chi connectivity index (χ3v) is 5.80. The van der Waals surface area contributed by atoms with E-state index in [4.69, 9.17) is 5.73 Å². The van der Waals surface area contributed by atoms with E-state index >= 15 is 0 Å². The first-order valence-corrected chi connectivity index (χ1v) is 10.1. The molecule has 0 aliphatic carbocycles. The molecule has 0 saturated carbocycles. The molecule has 8 heteroatoms. The number of nitrogens with zero attached hydrogens (tertiary/aromatic N) is 4. The predicted octanol–water partition coefficient (Wildman–Crippen LogP) is 2.80. The molecule has 30 heavy (non-hydrogen) atoms. The van der Waals surface area contributed by atoms with Crippen LogP contribution in [0.3, 0.4) is 0 Å². The highest BCUT2D eigenvalue weighted by Gasteiger charge is 2.34. The van der Waals surface area contributed by atoms with E-state index in [1.165, 1.54) is 6.20 Å². The summed E-state index contributed by atoms with van der Waals surface area (Å²) in [5, 5.41) is 7.98. The Hall–Kier alpha value is -3.42. The molecule has 3 aromatic rings. The van der Waals surface area contributed by atoms with Gasteiger partial charge >= 0.3 is 11.8 Å². The number of amides is 2. The van der Waals surface area contributed by atoms with E-state index in [1.807, 2.05) is 30.1 Å². The van der Waals surface area contributed by atoms with Gasteiger partial charge in [-0.05, 0) is 55.0 Å². The van der Waals surface area contributed by atoms with Gasteiger partial charge in [0.1, 0.15) is 5.82 Å². The number of rotatable bonds is 2. The molecule has 3 heterocycles. The molecule has 1 aliphatic rings. The van der Waals surface area contributed by atoms with E-state index in [-0.39, 0.29) is 6.04 Å². The Bertz CT molecular complexity index is 1120. The number of carbonyl (C=O) groups excluding carboxylic acids is 2. The van der Waals surface area contributed by atoms with Crippen molar-refractivity contribution in [3.63, 3.8) is 0 Å². The molecule has 156 valence electrons. The minimum absolute atomic E-state index is 0.143. The molecule has 1 fully saturated rings. The van der Waals surface area contributed by atoms with Crippen LogP contribution in [0.15, 0.2) is 36.7 Å². The fourth-order valence-electron chi connectivity index (χ4n) is 4.08. The average molecular weight is 406 g/mol. The summed E-state index contributed by atoms with van der Waals surface area (Å²) in [4.78, 5) is 31.6. The van der Waals surface area contributed by atoms with E-state index in [0.717, 1.165) is 34.9 Å². The average Bonchev–Trinajstić information content (AvgIpc) is 3.10. The van der Waals surface area contributed by atoms with Gasteiger partial charge in [0.05, 0.1) is 29.6 Å². The minimum atomic E-state index is -0.664. The molecular formula is C22H26N6O2. The first kappa shape index (κ1) is 19.9. The van der Waals surface area contributed by atoms with Crippen LogP contribution in [0.2, 0.25) is 0 Å². The van der Waals surface area contributed by atoms with Crippen molar-refractivity contribution in [3.05, 3.63) is 47.8 Å².